The van der Waals surface area contributed by atoms with Gasteiger partial charge in [0.2, 0.25) is 0 Å². The van der Waals surface area contributed by atoms with Crippen molar-refractivity contribution < 1.29 is 0 Å². The Morgan fingerprint density at radius 1 is 0.500 bits per heavy atom. The molecule has 5 aromatic rings. The van der Waals surface area contributed by atoms with Gasteiger partial charge in [-0.1, -0.05) is 0 Å². The van der Waals surface area contributed by atoms with Crippen molar-refractivity contribution in [3.05, 3.63) is 172 Å². The van der Waals surface area contributed by atoms with Crippen molar-refractivity contribution in [2.75, 3.05) is 0 Å². The molecule has 0 saturated carbocycles. The molecule has 0 aliphatic heterocycles. The maximum absolute atomic E-state index is 2.37. The van der Waals surface area contributed by atoms with Gasteiger partial charge < -0.3 is 0 Å². The Morgan fingerprint density at radius 3 is 1.61 bits per heavy atom. The van der Waals surface area contributed by atoms with E-state index in [2.05, 4.69) is 141 Å². The molecule has 0 nitrogen and oxygen atoms in total. The zero-order valence-corrected chi connectivity index (χ0v) is 22.7. The van der Waals surface area contributed by atoms with Crippen LogP contribution in [-0.2, 0) is 12.8 Å². The molecular formula is C35H32Se. The van der Waals surface area contributed by atoms with Crippen molar-refractivity contribution in [2.24, 2.45) is 0 Å². The topological polar surface area (TPSA) is 0 Å². The summed E-state index contributed by atoms with van der Waals surface area (Å²) in [4.78, 5) is 0.355. The SMILES string of the molecule is Cc1cccc([Se]C(c2ccccc2)c2cccc(C)c2Cc2ccccc2)c1Cc1ccccc1. The first kappa shape index (κ1) is 24.3. The van der Waals surface area contributed by atoms with Gasteiger partial charge in [0, 0.05) is 0 Å². The molecule has 0 saturated heterocycles. The van der Waals surface area contributed by atoms with Crippen LogP contribution >= 0.6 is 0 Å². The van der Waals surface area contributed by atoms with Gasteiger partial charge in [-0.2, -0.15) is 0 Å². The second-order valence-corrected chi connectivity index (χ2v) is 11.8. The van der Waals surface area contributed by atoms with Crippen LogP contribution in [0.15, 0.2) is 127 Å². The molecule has 0 aliphatic rings. The van der Waals surface area contributed by atoms with E-state index in [0.29, 0.717) is 4.82 Å². The predicted molar refractivity (Wildman–Crippen MR) is 155 cm³/mol. The monoisotopic (exact) mass is 532 g/mol. The molecular weight excluding hydrogens is 499 g/mol. The number of rotatable bonds is 8. The molecule has 0 aliphatic carbocycles. The van der Waals surface area contributed by atoms with Gasteiger partial charge >= 0.3 is 223 Å². The maximum atomic E-state index is 2.37. The van der Waals surface area contributed by atoms with Crippen molar-refractivity contribution in [3.8, 4) is 0 Å². The normalized spacial score (nSPS) is 11.8. The Kier molecular flexibility index (Phi) is 7.82. The van der Waals surface area contributed by atoms with Gasteiger partial charge in [0.25, 0.3) is 0 Å². The molecule has 0 spiro atoms. The quantitative estimate of drug-likeness (QED) is 0.181. The van der Waals surface area contributed by atoms with E-state index in [-0.39, 0.29) is 15.0 Å². The molecule has 0 bridgehead atoms. The molecule has 5 aromatic carbocycles. The zero-order valence-electron chi connectivity index (χ0n) is 21.0. The van der Waals surface area contributed by atoms with E-state index in [0.717, 1.165) is 12.8 Å². The average Bonchev–Trinajstić information content (AvgIpc) is 2.92. The minimum absolute atomic E-state index is 0.233. The van der Waals surface area contributed by atoms with E-state index < -0.39 is 0 Å². The molecule has 0 heterocycles. The summed E-state index contributed by atoms with van der Waals surface area (Å²) in [6.45, 7) is 4.53. The van der Waals surface area contributed by atoms with E-state index in [4.69, 9.17) is 0 Å². The molecule has 0 amide bonds. The van der Waals surface area contributed by atoms with Crippen LogP contribution in [0.4, 0.5) is 0 Å². The van der Waals surface area contributed by atoms with Crippen LogP contribution < -0.4 is 4.46 Å². The Labute approximate surface area is 222 Å². The predicted octanol–water partition coefficient (Wildman–Crippen LogP) is 7.60. The molecule has 36 heavy (non-hydrogen) atoms. The third-order valence-corrected chi connectivity index (χ3v) is 9.82. The minimum atomic E-state index is 0.233. The summed E-state index contributed by atoms with van der Waals surface area (Å²) in [6.07, 6.45) is 1.95. The Balaban J connectivity index is 1.59. The fourth-order valence-corrected chi connectivity index (χ4v) is 7.89. The van der Waals surface area contributed by atoms with Gasteiger partial charge in [-0.15, -0.1) is 0 Å². The first-order valence-corrected chi connectivity index (χ1v) is 14.5. The van der Waals surface area contributed by atoms with Crippen LogP contribution in [0.3, 0.4) is 0 Å². The van der Waals surface area contributed by atoms with Gasteiger partial charge in [-0.3, -0.25) is 0 Å². The molecule has 5 rings (SSSR count). The van der Waals surface area contributed by atoms with Crippen LogP contribution in [0.5, 0.6) is 0 Å². The summed E-state index contributed by atoms with van der Waals surface area (Å²) in [5.74, 6) is 0. The van der Waals surface area contributed by atoms with Gasteiger partial charge in [0.1, 0.15) is 0 Å². The second-order valence-electron chi connectivity index (χ2n) is 9.43. The zero-order chi connectivity index (χ0) is 24.7. The molecule has 1 unspecified atom stereocenters. The molecule has 1 heteroatoms. The second kappa shape index (κ2) is 11.6. The van der Waals surface area contributed by atoms with Crippen molar-refractivity contribution in [2.45, 2.75) is 31.5 Å². The fourth-order valence-electron chi connectivity index (χ4n) is 4.89. The summed E-state index contributed by atoms with van der Waals surface area (Å²) in [6, 6.07) is 46.7. The van der Waals surface area contributed by atoms with Crippen molar-refractivity contribution in [1.29, 1.82) is 0 Å². The number of hydrogen-bond acceptors (Lipinski definition) is 0. The first-order valence-electron chi connectivity index (χ1n) is 12.7. The Morgan fingerprint density at radius 2 is 1.00 bits per heavy atom. The standard InChI is InChI=1S/C35H32Se/c1-26-14-12-22-31(32(26)24-28-16-6-3-7-17-28)35(30-20-10-5-11-21-30)36-34-23-13-15-27(2)33(34)25-29-18-8-4-9-19-29/h3-23,35H,24-25H2,1-2H3. The molecule has 1 atom stereocenters. The molecule has 0 aromatic heterocycles. The van der Waals surface area contributed by atoms with E-state index in [1.54, 1.807) is 0 Å². The number of aryl methyl sites for hydroxylation is 2. The van der Waals surface area contributed by atoms with Crippen LogP contribution in [0.1, 0.15) is 49.3 Å². The third-order valence-electron chi connectivity index (χ3n) is 6.89. The van der Waals surface area contributed by atoms with Crippen LogP contribution in [0, 0.1) is 13.8 Å². The van der Waals surface area contributed by atoms with Crippen molar-refractivity contribution in [3.63, 3.8) is 0 Å². The molecule has 0 fully saturated rings. The van der Waals surface area contributed by atoms with Crippen LogP contribution in [-0.4, -0.2) is 15.0 Å². The molecule has 0 radical (unpaired) electrons. The summed E-state index contributed by atoms with van der Waals surface area (Å²) in [5, 5.41) is 0. The first-order chi connectivity index (χ1) is 17.7. The molecule has 0 N–H and O–H groups in total. The fraction of sp³-hybridized carbons (Fsp3) is 0.143. The number of hydrogen-bond donors (Lipinski definition) is 0. The van der Waals surface area contributed by atoms with E-state index in [9.17, 15) is 0 Å². The average molecular weight is 532 g/mol. The van der Waals surface area contributed by atoms with Gasteiger partial charge in [-0.25, -0.2) is 0 Å². The van der Waals surface area contributed by atoms with Crippen molar-refractivity contribution in [1.82, 2.24) is 0 Å². The Hall–Kier alpha value is -3.38. The van der Waals surface area contributed by atoms with Crippen LogP contribution in [0.2, 0.25) is 0 Å². The third kappa shape index (κ3) is 5.71. The van der Waals surface area contributed by atoms with E-state index in [1.807, 2.05) is 0 Å². The van der Waals surface area contributed by atoms with E-state index >= 15 is 0 Å². The Bertz CT molecular complexity index is 1410. The summed E-state index contributed by atoms with van der Waals surface area (Å²) in [7, 11) is 0. The van der Waals surface area contributed by atoms with Gasteiger partial charge in [0.05, 0.1) is 0 Å². The van der Waals surface area contributed by atoms with E-state index in [1.165, 1.54) is 49.0 Å². The number of benzene rings is 5. The summed E-state index contributed by atoms with van der Waals surface area (Å²) in [5.41, 5.74) is 11.3. The molecule has 178 valence electrons. The van der Waals surface area contributed by atoms with Gasteiger partial charge in [0.15, 0.2) is 0 Å². The van der Waals surface area contributed by atoms with Crippen molar-refractivity contribution >= 4 is 19.4 Å². The summed E-state index contributed by atoms with van der Waals surface area (Å²) < 4.78 is 1.51. The van der Waals surface area contributed by atoms with Crippen LogP contribution in [0.25, 0.3) is 0 Å². The summed E-state index contributed by atoms with van der Waals surface area (Å²) >= 11 is 0.233. The van der Waals surface area contributed by atoms with Gasteiger partial charge in [-0.05, 0) is 0 Å².